The normalized spacial score (nSPS) is 32.1. The molecule has 10 heavy (non-hydrogen) atoms. The summed E-state index contributed by atoms with van der Waals surface area (Å²) in [7, 11) is 0. The van der Waals surface area contributed by atoms with Crippen LogP contribution in [0.2, 0.25) is 0 Å². The summed E-state index contributed by atoms with van der Waals surface area (Å²) in [5.74, 6) is 0. The second kappa shape index (κ2) is 2.89. The molecule has 0 aromatic heterocycles. The number of nitrogens with one attached hydrogen (secondary N) is 1. The average molecular weight is 143 g/mol. The summed E-state index contributed by atoms with van der Waals surface area (Å²) in [4.78, 5) is 0. The minimum atomic E-state index is 0.0347. The molecule has 0 aliphatic carbocycles. The Morgan fingerprint density at radius 3 is 2.70 bits per heavy atom. The van der Waals surface area contributed by atoms with E-state index in [0.717, 1.165) is 19.6 Å². The first-order valence-corrected chi connectivity index (χ1v) is 4.04. The lowest BCUT2D eigenvalue weighted by Gasteiger charge is -2.38. The lowest BCUT2D eigenvalue weighted by molar-refractivity contribution is -0.0716. The van der Waals surface area contributed by atoms with Crippen molar-refractivity contribution in [2.24, 2.45) is 0 Å². The highest BCUT2D eigenvalue weighted by Crippen LogP contribution is 2.19. The Morgan fingerprint density at radius 2 is 2.30 bits per heavy atom. The Bertz CT molecular complexity index is 112. The van der Waals surface area contributed by atoms with Crippen LogP contribution in [0.1, 0.15) is 27.2 Å². The average Bonchev–Trinajstić information content (AvgIpc) is 1.87. The van der Waals surface area contributed by atoms with Crippen molar-refractivity contribution in [3.8, 4) is 0 Å². The van der Waals surface area contributed by atoms with Crippen LogP contribution in [0.15, 0.2) is 0 Å². The van der Waals surface area contributed by atoms with E-state index in [4.69, 9.17) is 4.74 Å². The molecule has 2 heteroatoms. The van der Waals surface area contributed by atoms with Crippen molar-refractivity contribution in [3.63, 3.8) is 0 Å². The summed E-state index contributed by atoms with van der Waals surface area (Å²) in [5.41, 5.74) is 0.0347. The van der Waals surface area contributed by atoms with Gasteiger partial charge in [-0.2, -0.15) is 0 Å². The topological polar surface area (TPSA) is 21.3 Å². The fraction of sp³-hybridized carbons (Fsp3) is 1.00. The number of rotatable bonds is 1. The Hall–Kier alpha value is -0.0800. The van der Waals surface area contributed by atoms with E-state index in [1.165, 1.54) is 0 Å². The smallest absolute Gasteiger partial charge is 0.0779 e. The molecule has 1 fully saturated rings. The molecule has 0 bridgehead atoms. The molecule has 2 nitrogen and oxygen atoms in total. The van der Waals surface area contributed by atoms with E-state index in [9.17, 15) is 0 Å². The third kappa shape index (κ3) is 1.50. The van der Waals surface area contributed by atoms with E-state index >= 15 is 0 Å². The SMILES string of the molecule is CCC1NCCOC1(C)C. The summed E-state index contributed by atoms with van der Waals surface area (Å²) in [6.07, 6.45) is 1.15. The van der Waals surface area contributed by atoms with Gasteiger partial charge in [-0.3, -0.25) is 0 Å². The molecule has 0 radical (unpaired) electrons. The molecule has 60 valence electrons. The number of morpholine rings is 1. The van der Waals surface area contributed by atoms with Gasteiger partial charge in [0.25, 0.3) is 0 Å². The zero-order chi connectivity index (χ0) is 7.61. The number of ether oxygens (including phenoxy) is 1. The van der Waals surface area contributed by atoms with E-state index in [2.05, 4.69) is 26.1 Å². The van der Waals surface area contributed by atoms with Gasteiger partial charge in [0.15, 0.2) is 0 Å². The molecule has 0 spiro atoms. The summed E-state index contributed by atoms with van der Waals surface area (Å²) >= 11 is 0. The predicted octanol–water partition coefficient (Wildman–Crippen LogP) is 1.16. The first-order chi connectivity index (χ1) is 4.67. The van der Waals surface area contributed by atoms with Crippen molar-refractivity contribution in [1.82, 2.24) is 5.32 Å². The Balaban J connectivity index is 2.51. The van der Waals surface area contributed by atoms with Crippen LogP contribution in [-0.2, 0) is 4.74 Å². The standard InChI is InChI=1S/C8H17NO/c1-4-7-8(2,3)10-6-5-9-7/h7,9H,4-6H2,1-3H3. The highest BCUT2D eigenvalue weighted by Gasteiger charge is 2.31. The Morgan fingerprint density at radius 1 is 1.60 bits per heavy atom. The highest BCUT2D eigenvalue weighted by atomic mass is 16.5. The van der Waals surface area contributed by atoms with Crippen molar-refractivity contribution in [2.45, 2.75) is 38.8 Å². The molecule has 1 heterocycles. The van der Waals surface area contributed by atoms with Gasteiger partial charge in [-0.05, 0) is 20.3 Å². The predicted molar refractivity (Wildman–Crippen MR) is 42.1 cm³/mol. The molecule has 0 aromatic rings. The van der Waals surface area contributed by atoms with Crippen molar-refractivity contribution >= 4 is 0 Å². The molecule has 1 aliphatic heterocycles. The summed E-state index contributed by atoms with van der Waals surface area (Å²) in [6.45, 7) is 8.33. The summed E-state index contributed by atoms with van der Waals surface area (Å²) < 4.78 is 5.61. The van der Waals surface area contributed by atoms with Crippen LogP contribution in [0.25, 0.3) is 0 Å². The highest BCUT2D eigenvalue weighted by molar-refractivity contribution is 4.87. The van der Waals surface area contributed by atoms with E-state index in [1.807, 2.05) is 0 Å². The van der Waals surface area contributed by atoms with Crippen LogP contribution in [0, 0.1) is 0 Å². The van der Waals surface area contributed by atoms with Gasteiger partial charge in [0.05, 0.1) is 12.2 Å². The van der Waals surface area contributed by atoms with Crippen LogP contribution in [0.3, 0.4) is 0 Å². The fourth-order valence-corrected chi connectivity index (χ4v) is 1.53. The molecule has 1 atom stereocenters. The van der Waals surface area contributed by atoms with Crippen LogP contribution in [0.5, 0.6) is 0 Å². The Kier molecular flexibility index (Phi) is 2.32. The van der Waals surface area contributed by atoms with Crippen molar-refractivity contribution in [3.05, 3.63) is 0 Å². The lowest BCUT2D eigenvalue weighted by atomic mass is 9.95. The molecule has 1 N–H and O–H groups in total. The number of hydrogen-bond acceptors (Lipinski definition) is 2. The van der Waals surface area contributed by atoms with Gasteiger partial charge in [-0.25, -0.2) is 0 Å². The Labute approximate surface area is 63.0 Å². The van der Waals surface area contributed by atoms with Gasteiger partial charge in [0.2, 0.25) is 0 Å². The van der Waals surface area contributed by atoms with Gasteiger partial charge in [0.1, 0.15) is 0 Å². The maximum absolute atomic E-state index is 5.61. The van der Waals surface area contributed by atoms with Gasteiger partial charge < -0.3 is 10.1 Å². The molecule has 1 rings (SSSR count). The van der Waals surface area contributed by atoms with Crippen molar-refractivity contribution < 1.29 is 4.74 Å². The van der Waals surface area contributed by atoms with E-state index < -0.39 is 0 Å². The zero-order valence-corrected chi connectivity index (χ0v) is 7.11. The van der Waals surface area contributed by atoms with Crippen molar-refractivity contribution in [2.75, 3.05) is 13.2 Å². The summed E-state index contributed by atoms with van der Waals surface area (Å²) in [6, 6.07) is 0.529. The van der Waals surface area contributed by atoms with Crippen LogP contribution >= 0.6 is 0 Å². The minimum absolute atomic E-state index is 0.0347. The second-order valence-electron chi connectivity index (χ2n) is 3.37. The van der Waals surface area contributed by atoms with Gasteiger partial charge in [-0.1, -0.05) is 6.92 Å². The van der Waals surface area contributed by atoms with Gasteiger partial charge in [-0.15, -0.1) is 0 Å². The first kappa shape index (κ1) is 8.02. The molecule has 1 aliphatic rings. The van der Waals surface area contributed by atoms with E-state index in [0.29, 0.717) is 6.04 Å². The fourth-order valence-electron chi connectivity index (χ4n) is 1.53. The maximum atomic E-state index is 5.61. The van der Waals surface area contributed by atoms with E-state index in [1.54, 1.807) is 0 Å². The molecule has 1 saturated heterocycles. The first-order valence-electron chi connectivity index (χ1n) is 4.04. The quantitative estimate of drug-likeness (QED) is 0.595. The van der Waals surface area contributed by atoms with Crippen LogP contribution in [0.4, 0.5) is 0 Å². The van der Waals surface area contributed by atoms with Gasteiger partial charge in [0, 0.05) is 12.6 Å². The monoisotopic (exact) mass is 143 g/mol. The second-order valence-corrected chi connectivity index (χ2v) is 3.37. The maximum Gasteiger partial charge on any atom is 0.0779 e. The molecule has 0 amide bonds. The summed E-state index contributed by atoms with van der Waals surface area (Å²) in [5, 5.41) is 3.43. The number of hydrogen-bond donors (Lipinski definition) is 1. The van der Waals surface area contributed by atoms with Crippen LogP contribution in [-0.4, -0.2) is 24.8 Å². The third-order valence-electron chi connectivity index (χ3n) is 2.21. The van der Waals surface area contributed by atoms with Crippen molar-refractivity contribution in [1.29, 1.82) is 0 Å². The largest absolute Gasteiger partial charge is 0.373 e. The lowest BCUT2D eigenvalue weighted by Crippen LogP contribution is -2.54. The van der Waals surface area contributed by atoms with Crippen LogP contribution < -0.4 is 5.32 Å². The molecular weight excluding hydrogens is 126 g/mol. The van der Waals surface area contributed by atoms with E-state index in [-0.39, 0.29) is 5.60 Å². The molecule has 0 aromatic carbocycles. The molecule has 1 unspecified atom stereocenters. The zero-order valence-electron chi connectivity index (χ0n) is 7.11. The third-order valence-corrected chi connectivity index (χ3v) is 2.21. The molecule has 0 saturated carbocycles. The van der Waals surface area contributed by atoms with Gasteiger partial charge >= 0.3 is 0 Å². The minimum Gasteiger partial charge on any atom is -0.373 e. The molecular formula is C8H17NO.